The maximum Gasteiger partial charge on any atom is 0.410 e. The number of nitrogens with zero attached hydrogens (tertiary/aromatic N) is 2. The van der Waals surface area contributed by atoms with Gasteiger partial charge in [0, 0.05) is 25.0 Å². The molecule has 0 spiro atoms. The van der Waals surface area contributed by atoms with Crippen molar-refractivity contribution in [2.24, 2.45) is 5.92 Å². The Labute approximate surface area is 131 Å². The Kier molecular flexibility index (Phi) is 4.78. The van der Waals surface area contributed by atoms with Gasteiger partial charge in [0.05, 0.1) is 19.1 Å². The Morgan fingerprint density at radius 3 is 2.68 bits per heavy atom. The maximum atomic E-state index is 12.4. The van der Waals surface area contributed by atoms with Gasteiger partial charge in [-0.25, -0.2) is 4.79 Å². The topological polar surface area (TPSA) is 60.8 Å². The summed E-state index contributed by atoms with van der Waals surface area (Å²) in [7, 11) is 0. The summed E-state index contributed by atoms with van der Waals surface area (Å²) in [4.78, 5) is 26.1. The highest BCUT2D eigenvalue weighted by Gasteiger charge is 2.32. The van der Waals surface area contributed by atoms with Gasteiger partial charge in [0.15, 0.2) is 0 Å². The fourth-order valence-corrected chi connectivity index (χ4v) is 2.47. The van der Waals surface area contributed by atoms with Gasteiger partial charge >= 0.3 is 12.1 Å². The molecule has 0 fully saturated rings. The number of carbonyl (C=O) groups excluding carboxylic acids is 2. The van der Waals surface area contributed by atoms with Crippen LogP contribution in [0.4, 0.5) is 4.79 Å². The Bertz CT molecular complexity index is 545. The van der Waals surface area contributed by atoms with Crippen LogP contribution in [-0.4, -0.2) is 40.3 Å². The van der Waals surface area contributed by atoms with Crippen LogP contribution >= 0.6 is 0 Å². The molecular weight excluding hydrogens is 284 g/mol. The van der Waals surface area contributed by atoms with E-state index in [-0.39, 0.29) is 11.9 Å². The monoisotopic (exact) mass is 308 g/mol. The molecule has 2 heterocycles. The zero-order valence-corrected chi connectivity index (χ0v) is 13.7. The van der Waals surface area contributed by atoms with E-state index in [1.165, 1.54) is 0 Å². The number of esters is 1. The minimum absolute atomic E-state index is 0.280. The van der Waals surface area contributed by atoms with Gasteiger partial charge in [-0.2, -0.15) is 0 Å². The van der Waals surface area contributed by atoms with E-state index in [0.29, 0.717) is 26.2 Å². The minimum atomic E-state index is -0.565. The summed E-state index contributed by atoms with van der Waals surface area (Å²) in [5, 5.41) is 0. The molecule has 2 rings (SSSR count). The van der Waals surface area contributed by atoms with E-state index in [2.05, 4.69) is 0 Å². The van der Waals surface area contributed by atoms with Crippen LogP contribution in [0.5, 0.6) is 0 Å². The first kappa shape index (κ1) is 16.4. The van der Waals surface area contributed by atoms with Gasteiger partial charge in [-0.3, -0.25) is 4.79 Å². The summed E-state index contributed by atoms with van der Waals surface area (Å²) in [6.07, 6.45) is 1.51. The van der Waals surface area contributed by atoms with E-state index in [1.807, 2.05) is 43.7 Å². The molecule has 0 aromatic carbocycles. The first-order chi connectivity index (χ1) is 10.3. The molecule has 0 aliphatic carbocycles. The Morgan fingerprint density at radius 2 is 2.05 bits per heavy atom. The summed E-state index contributed by atoms with van der Waals surface area (Å²) in [6, 6.07) is 3.86. The average Bonchev–Trinajstić information content (AvgIpc) is 2.74. The fourth-order valence-electron chi connectivity index (χ4n) is 2.47. The molecule has 22 heavy (non-hydrogen) atoms. The molecule has 6 nitrogen and oxygen atoms in total. The van der Waals surface area contributed by atoms with E-state index < -0.39 is 11.7 Å². The van der Waals surface area contributed by atoms with Crippen molar-refractivity contribution in [3.63, 3.8) is 0 Å². The number of rotatable bonds is 2. The lowest BCUT2D eigenvalue weighted by atomic mass is 10.1. The molecule has 0 N–H and O–H groups in total. The van der Waals surface area contributed by atoms with Crippen molar-refractivity contribution >= 4 is 12.1 Å². The van der Waals surface area contributed by atoms with Crippen LogP contribution in [0.1, 0.15) is 33.4 Å². The molecule has 1 amide bonds. The molecule has 122 valence electrons. The van der Waals surface area contributed by atoms with Crippen molar-refractivity contribution in [1.29, 1.82) is 0 Å². The average molecular weight is 308 g/mol. The highest BCUT2D eigenvalue weighted by atomic mass is 16.6. The molecule has 1 aromatic heterocycles. The zero-order chi connectivity index (χ0) is 16.3. The summed E-state index contributed by atoms with van der Waals surface area (Å²) < 4.78 is 12.6. The first-order valence-electron chi connectivity index (χ1n) is 7.58. The third-order valence-electron chi connectivity index (χ3n) is 3.41. The van der Waals surface area contributed by atoms with Crippen LogP contribution in [0.3, 0.4) is 0 Å². The number of ether oxygens (including phenoxy) is 2. The number of hydrogen-bond donors (Lipinski definition) is 0. The van der Waals surface area contributed by atoms with Crippen molar-refractivity contribution < 1.29 is 19.1 Å². The van der Waals surface area contributed by atoms with Crippen molar-refractivity contribution in [2.75, 3.05) is 13.2 Å². The fraction of sp³-hybridized carbons (Fsp3) is 0.625. The normalized spacial score (nSPS) is 18.4. The SMILES string of the molecule is CCOC(=O)C1CN(C(=O)OC(C)(C)C)Cc2cccn2C1. The predicted molar refractivity (Wildman–Crippen MR) is 81.2 cm³/mol. The predicted octanol–water partition coefficient (Wildman–Crippen LogP) is 2.42. The number of hydrogen-bond acceptors (Lipinski definition) is 4. The highest BCUT2D eigenvalue weighted by molar-refractivity contribution is 5.74. The van der Waals surface area contributed by atoms with Crippen molar-refractivity contribution in [2.45, 2.75) is 46.4 Å². The second-order valence-corrected chi connectivity index (χ2v) is 6.46. The van der Waals surface area contributed by atoms with Gasteiger partial charge < -0.3 is 18.9 Å². The van der Waals surface area contributed by atoms with Crippen LogP contribution in [0.25, 0.3) is 0 Å². The third-order valence-corrected chi connectivity index (χ3v) is 3.41. The molecule has 6 heteroatoms. The molecule has 1 aliphatic rings. The Hall–Kier alpha value is -1.98. The molecular formula is C16H24N2O4. The number of amides is 1. The molecule has 0 radical (unpaired) electrons. The second-order valence-electron chi connectivity index (χ2n) is 6.46. The van der Waals surface area contributed by atoms with Crippen molar-refractivity contribution in [1.82, 2.24) is 9.47 Å². The number of aromatic nitrogens is 1. The molecule has 0 bridgehead atoms. The highest BCUT2D eigenvalue weighted by Crippen LogP contribution is 2.20. The van der Waals surface area contributed by atoms with Crippen molar-refractivity contribution in [3.8, 4) is 0 Å². The minimum Gasteiger partial charge on any atom is -0.466 e. The van der Waals surface area contributed by atoms with E-state index >= 15 is 0 Å². The molecule has 0 saturated heterocycles. The maximum absolute atomic E-state index is 12.4. The van der Waals surface area contributed by atoms with Gasteiger partial charge in [-0.15, -0.1) is 0 Å². The van der Waals surface area contributed by atoms with Crippen molar-refractivity contribution in [3.05, 3.63) is 24.0 Å². The lowest BCUT2D eigenvalue weighted by Crippen LogP contribution is -2.40. The van der Waals surface area contributed by atoms with Gasteiger partial charge in [0.1, 0.15) is 5.60 Å². The zero-order valence-electron chi connectivity index (χ0n) is 13.7. The lowest BCUT2D eigenvalue weighted by Gasteiger charge is -2.27. The summed E-state index contributed by atoms with van der Waals surface area (Å²) in [5.41, 5.74) is 0.419. The number of fused-ring (bicyclic) bond motifs is 1. The van der Waals surface area contributed by atoms with Gasteiger partial charge in [0.2, 0.25) is 0 Å². The molecule has 1 aromatic rings. The second kappa shape index (κ2) is 6.42. The van der Waals surface area contributed by atoms with Crippen LogP contribution in [0.15, 0.2) is 18.3 Å². The van der Waals surface area contributed by atoms with E-state index in [1.54, 1.807) is 11.8 Å². The van der Waals surface area contributed by atoms with Gasteiger partial charge in [-0.1, -0.05) is 0 Å². The van der Waals surface area contributed by atoms with E-state index in [9.17, 15) is 9.59 Å². The first-order valence-corrected chi connectivity index (χ1v) is 7.58. The van der Waals surface area contributed by atoms with E-state index in [4.69, 9.17) is 9.47 Å². The molecule has 1 unspecified atom stereocenters. The quantitative estimate of drug-likeness (QED) is 0.787. The van der Waals surface area contributed by atoms with Gasteiger partial charge in [0.25, 0.3) is 0 Å². The number of carbonyl (C=O) groups is 2. The van der Waals surface area contributed by atoms with Crippen LogP contribution in [-0.2, 0) is 27.4 Å². The molecule has 1 atom stereocenters. The van der Waals surface area contributed by atoms with E-state index in [0.717, 1.165) is 5.69 Å². The lowest BCUT2D eigenvalue weighted by molar-refractivity contribution is -0.148. The molecule has 1 aliphatic heterocycles. The summed E-state index contributed by atoms with van der Waals surface area (Å²) >= 11 is 0. The summed E-state index contributed by atoms with van der Waals surface area (Å²) in [6.45, 7) is 8.84. The van der Waals surface area contributed by atoms with Crippen LogP contribution < -0.4 is 0 Å². The third kappa shape index (κ3) is 4.02. The summed E-state index contributed by atoms with van der Waals surface area (Å²) in [5.74, 6) is -0.668. The van der Waals surface area contributed by atoms with Gasteiger partial charge in [-0.05, 0) is 39.8 Å². The van der Waals surface area contributed by atoms with Crippen LogP contribution in [0.2, 0.25) is 0 Å². The Morgan fingerprint density at radius 1 is 1.32 bits per heavy atom. The van der Waals surface area contributed by atoms with Crippen LogP contribution in [0, 0.1) is 5.92 Å². The Balaban J connectivity index is 2.20. The molecule has 0 saturated carbocycles. The standard InChI is InChI=1S/C16H24N2O4/c1-5-21-14(19)12-9-17-8-6-7-13(17)11-18(10-12)15(20)22-16(2,3)4/h6-8,12H,5,9-11H2,1-4H3. The smallest absolute Gasteiger partial charge is 0.410 e. The largest absolute Gasteiger partial charge is 0.466 e.